The number of allylic oxidation sites excluding steroid dienone is 2. The second-order valence-corrected chi connectivity index (χ2v) is 6.54. The number of hydrogen-bond donors (Lipinski definition) is 2. The fourth-order valence-corrected chi connectivity index (χ4v) is 2.77. The average Bonchev–Trinajstić information content (AvgIpc) is 2.54. The number of hydrogen-bond acceptors (Lipinski definition) is 3. The molecule has 3 nitrogen and oxygen atoms in total. The molecule has 0 spiro atoms. The lowest BCUT2D eigenvalue weighted by molar-refractivity contribution is 0.371. The minimum atomic E-state index is 0.164. The van der Waals surface area contributed by atoms with Crippen LogP contribution in [0.3, 0.4) is 0 Å². The molecule has 0 atom stereocenters. The summed E-state index contributed by atoms with van der Waals surface area (Å²) < 4.78 is 5.21. The largest absolute Gasteiger partial charge is 0.508 e. The van der Waals surface area contributed by atoms with Gasteiger partial charge >= 0.3 is 0 Å². The molecule has 0 aliphatic carbocycles. The van der Waals surface area contributed by atoms with Crippen molar-refractivity contribution < 1.29 is 14.9 Å². The van der Waals surface area contributed by atoms with Crippen molar-refractivity contribution in [2.45, 2.75) is 34.1 Å². The first-order valence-corrected chi connectivity index (χ1v) is 8.33. The second-order valence-electron chi connectivity index (χ2n) is 6.54. The third-order valence-corrected chi connectivity index (χ3v) is 4.17. The highest BCUT2D eigenvalue weighted by Crippen LogP contribution is 2.32. The van der Waals surface area contributed by atoms with Crippen molar-refractivity contribution in [3.8, 4) is 17.2 Å². The molecule has 2 aromatic rings. The van der Waals surface area contributed by atoms with Gasteiger partial charge in [0.05, 0.1) is 7.11 Å². The van der Waals surface area contributed by atoms with E-state index in [2.05, 4.69) is 19.9 Å². The summed E-state index contributed by atoms with van der Waals surface area (Å²) in [5, 5.41) is 19.9. The Morgan fingerprint density at radius 1 is 1.00 bits per heavy atom. The SMILES string of the molecule is COc1cc(/C=C/c2cc(O)cc(C)c2CC=C(C)C)cc(C)c1O. The van der Waals surface area contributed by atoms with Gasteiger partial charge in [0.2, 0.25) is 0 Å². The van der Waals surface area contributed by atoms with Crippen molar-refractivity contribution in [3.63, 3.8) is 0 Å². The minimum Gasteiger partial charge on any atom is -0.508 e. The van der Waals surface area contributed by atoms with Gasteiger partial charge in [0.1, 0.15) is 5.75 Å². The number of methoxy groups -OCH3 is 1. The Bertz CT molecular complexity index is 826. The lowest BCUT2D eigenvalue weighted by atomic mass is 9.96. The first kappa shape index (κ1) is 18.7. The Morgan fingerprint density at radius 3 is 2.36 bits per heavy atom. The number of phenols is 2. The van der Waals surface area contributed by atoms with E-state index in [0.717, 1.165) is 28.7 Å². The molecule has 0 radical (unpaired) electrons. The number of phenolic OH excluding ortho intramolecular Hbond substituents is 2. The fourth-order valence-electron chi connectivity index (χ4n) is 2.77. The molecule has 0 saturated carbocycles. The molecule has 0 aliphatic rings. The van der Waals surface area contributed by atoms with E-state index in [4.69, 9.17) is 4.74 Å². The summed E-state index contributed by atoms with van der Waals surface area (Å²) >= 11 is 0. The lowest BCUT2D eigenvalue weighted by Gasteiger charge is -2.10. The summed E-state index contributed by atoms with van der Waals surface area (Å²) in [6, 6.07) is 7.27. The summed E-state index contributed by atoms with van der Waals surface area (Å²) in [7, 11) is 1.54. The summed E-state index contributed by atoms with van der Waals surface area (Å²) in [4.78, 5) is 0. The van der Waals surface area contributed by atoms with Crippen LogP contribution in [0.5, 0.6) is 17.2 Å². The normalized spacial score (nSPS) is 10.9. The van der Waals surface area contributed by atoms with Crippen LogP contribution in [0.4, 0.5) is 0 Å². The molecular weight excluding hydrogens is 312 g/mol. The minimum absolute atomic E-state index is 0.164. The van der Waals surface area contributed by atoms with Gasteiger partial charge in [-0.2, -0.15) is 0 Å². The number of ether oxygens (including phenoxy) is 1. The Labute approximate surface area is 149 Å². The van der Waals surface area contributed by atoms with Gasteiger partial charge in [-0.05, 0) is 86.2 Å². The van der Waals surface area contributed by atoms with Gasteiger partial charge in [-0.15, -0.1) is 0 Å². The molecule has 25 heavy (non-hydrogen) atoms. The molecule has 0 unspecified atom stereocenters. The molecule has 0 aliphatic heterocycles. The van der Waals surface area contributed by atoms with Crippen LogP contribution in [0, 0.1) is 13.8 Å². The molecule has 3 heteroatoms. The van der Waals surface area contributed by atoms with E-state index < -0.39 is 0 Å². The van der Waals surface area contributed by atoms with Crippen LogP contribution < -0.4 is 4.74 Å². The third-order valence-electron chi connectivity index (χ3n) is 4.17. The number of aromatic hydroxyl groups is 2. The van der Waals surface area contributed by atoms with Crippen LogP contribution in [-0.4, -0.2) is 17.3 Å². The Balaban J connectivity index is 2.44. The molecule has 0 bridgehead atoms. The summed E-state index contributed by atoms with van der Waals surface area (Å²) in [6.45, 7) is 8.01. The lowest BCUT2D eigenvalue weighted by Crippen LogP contribution is -1.93. The van der Waals surface area contributed by atoms with Gasteiger partial charge in [-0.25, -0.2) is 0 Å². The Morgan fingerprint density at radius 2 is 1.72 bits per heavy atom. The maximum absolute atomic E-state index is 9.96. The third kappa shape index (κ3) is 4.66. The van der Waals surface area contributed by atoms with Crippen molar-refractivity contribution in [1.29, 1.82) is 0 Å². The number of benzene rings is 2. The Kier molecular flexibility index (Phi) is 5.92. The molecule has 0 aromatic heterocycles. The van der Waals surface area contributed by atoms with Crippen LogP contribution in [0.2, 0.25) is 0 Å². The highest BCUT2D eigenvalue weighted by Gasteiger charge is 2.08. The van der Waals surface area contributed by atoms with E-state index in [-0.39, 0.29) is 11.5 Å². The van der Waals surface area contributed by atoms with Crippen LogP contribution in [0.25, 0.3) is 12.2 Å². The Hall–Kier alpha value is -2.68. The average molecular weight is 338 g/mol. The quantitative estimate of drug-likeness (QED) is 0.567. The molecule has 2 rings (SSSR count). The van der Waals surface area contributed by atoms with Gasteiger partial charge in [0.25, 0.3) is 0 Å². The molecule has 0 saturated heterocycles. The zero-order chi connectivity index (χ0) is 18.6. The molecular formula is C22H26O3. The predicted octanol–water partition coefficient (Wildman–Crippen LogP) is 5.40. The standard InChI is InChI=1S/C22H26O3/c1-14(2)6-9-20-15(3)11-19(23)13-18(20)8-7-17-10-16(4)22(24)21(12-17)25-5/h6-8,10-13,23-24H,9H2,1-5H3/b8-7+. The second kappa shape index (κ2) is 7.93. The van der Waals surface area contributed by atoms with Gasteiger partial charge in [0, 0.05) is 0 Å². The topological polar surface area (TPSA) is 49.7 Å². The summed E-state index contributed by atoms with van der Waals surface area (Å²) in [5.74, 6) is 0.881. The van der Waals surface area contributed by atoms with Gasteiger partial charge in [-0.1, -0.05) is 23.8 Å². The first-order valence-electron chi connectivity index (χ1n) is 8.33. The monoisotopic (exact) mass is 338 g/mol. The predicted molar refractivity (Wildman–Crippen MR) is 104 cm³/mol. The van der Waals surface area contributed by atoms with E-state index in [1.165, 1.54) is 18.2 Å². The van der Waals surface area contributed by atoms with Crippen molar-refractivity contribution >= 4 is 12.2 Å². The van der Waals surface area contributed by atoms with Crippen LogP contribution >= 0.6 is 0 Å². The molecule has 0 heterocycles. The van der Waals surface area contributed by atoms with E-state index in [9.17, 15) is 10.2 Å². The zero-order valence-electron chi connectivity index (χ0n) is 15.6. The summed E-state index contributed by atoms with van der Waals surface area (Å²) in [6.07, 6.45) is 6.97. The molecule has 0 fully saturated rings. The van der Waals surface area contributed by atoms with Crippen LogP contribution in [0.1, 0.15) is 41.7 Å². The molecule has 2 N–H and O–H groups in total. The maximum atomic E-state index is 9.96. The zero-order valence-corrected chi connectivity index (χ0v) is 15.6. The van der Waals surface area contributed by atoms with E-state index in [1.807, 2.05) is 32.1 Å². The highest BCUT2D eigenvalue weighted by molar-refractivity contribution is 5.74. The molecule has 132 valence electrons. The van der Waals surface area contributed by atoms with Gasteiger partial charge in [0.15, 0.2) is 11.5 Å². The van der Waals surface area contributed by atoms with Crippen molar-refractivity contribution in [2.75, 3.05) is 7.11 Å². The number of aryl methyl sites for hydroxylation is 2. The number of rotatable bonds is 5. The van der Waals surface area contributed by atoms with Gasteiger partial charge in [-0.3, -0.25) is 0 Å². The van der Waals surface area contributed by atoms with E-state index >= 15 is 0 Å². The maximum Gasteiger partial charge on any atom is 0.161 e. The van der Waals surface area contributed by atoms with Crippen LogP contribution in [-0.2, 0) is 6.42 Å². The summed E-state index contributed by atoms with van der Waals surface area (Å²) in [5.41, 5.74) is 6.20. The van der Waals surface area contributed by atoms with E-state index in [1.54, 1.807) is 18.2 Å². The van der Waals surface area contributed by atoms with Crippen molar-refractivity contribution in [3.05, 3.63) is 63.7 Å². The van der Waals surface area contributed by atoms with Crippen molar-refractivity contribution in [1.82, 2.24) is 0 Å². The highest BCUT2D eigenvalue weighted by atomic mass is 16.5. The fraction of sp³-hybridized carbons (Fsp3) is 0.273. The molecule has 2 aromatic carbocycles. The van der Waals surface area contributed by atoms with Crippen LogP contribution in [0.15, 0.2) is 35.9 Å². The molecule has 0 amide bonds. The first-order chi connectivity index (χ1) is 11.8. The van der Waals surface area contributed by atoms with E-state index in [0.29, 0.717) is 5.75 Å². The van der Waals surface area contributed by atoms with Crippen molar-refractivity contribution in [2.24, 2.45) is 0 Å². The smallest absolute Gasteiger partial charge is 0.161 e. The van der Waals surface area contributed by atoms with Gasteiger partial charge < -0.3 is 14.9 Å².